The molecule has 3 nitrogen and oxygen atoms in total. The van der Waals surface area contributed by atoms with E-state index in [-0.39, 0.29) is 11.4 Å². The van der Waals surface area contributed by atoms with Gasteiger partial charge in [0.2, 0.25) is 5.91 Å². The van der Waals surface area contributed by atoms with E-state index >= 15 is 0 Å². The molecule has 1 rings (SSSR count). The fourth-order valence-electron chi connectivity index (χ4n) is 1.42. The van der Waals surface area contributed by atoms with Crippen LogP contribution in [0, 0.1) is 5.92 Å². The lowest BCUT2D eigenvalue weighted by molar-refractivity contribution is -0.121. The summed E-state index contributed by atoms with van der Waals surface area (Å²) in [7, 11) is 0. The lowest BCUT2D eigenvalue weighted by Gasteiger charge is -2.24. The van der Waals surface area contributed by atoms with Gasteiger partial charge in [-0.3, -0.25) is 4.79 Å². The Kier molecular flexibility index (Phi) is 4.58. The van der Waals surface area contributed by atoms with Gasteiger partial charge in [0.1, 0.15) is 0 Å². The van der Waals surface area contributed by atoms with Crippen LogP contribution < -0.4 is 10.6 Å². The van der Waals surface area contributed by atoms with Gasteiger partial charge in [-0.1, -0.05) is 19.8 Å². The average molecular weight is 212 g/mol. The van der Waals surface area contributed by atoms with Crippen molar-refractivity contribution in [3.63, 3.8) is 0 Å². The van der Waals surface area contributed by atoms with Crippen LogP contribution >= 0.6 is 0 Å². The summed E-state index contributed by atoms with van der Waals surface area (Å²) in [5.41, 5.74) is -0.0742. The van der Waals surface area contributed by atoms with Crippen molar-refractivity contribution in [3.05, 3.63) is 0 Å². The molecule has 88 valence electrons. The van der Waals surface area contributed by atoms with Gasteiger partial charge in [-0.25, -0.2) is 0 Å². The lowest BCUT2D eigenvalue weighted by atomic mass is 10.0. The second-order valence-electron chi connectivity index (χ2n) is 5.19. The van der Waals surface area contributed by atoms with Crippen LogP contribution in [-0.2, 0) is 4.79 Å². The number of hydrogen-bond acceptors (Lipinski definition) is 2. The number of carbonyl (C=O) groups is 1. The highest BCUT2D eigenvalue weighted by Gasteiger charge is 2.20. The zero-order valence-electron chi connectivity index (χ0n) is 10.2. The second-order valence-corrected chi connectivity index (χ2v) is 5.19. The number of rotatable bonds is 7. The van der Waals surface area contributed by atoms with Crippen LogP contribution in [-0.4, -0.2) is 24.5 Å². The van der Waals surface area contributed by atoms with Gasteiger partial charge < -0.3 is 10.6 Å². The third kappa shape index (κ3) is 5.78. The SMILES string of the molecule is CCC(C)(C)NC(=O)CNCCC1CC1. The molecule has 1 saturated carbocycles. The summed E-state index contributed by atoms with van der Waals surface area (Å²) in [6.07, 6.45) is 4.96. The van der Waals surface area contributed by atoms with Crippen molar-refractivity contribution in [1.82, 2.24) is 10.6 Å². The van der Waals surface area contributed by atoms with Gasteiger partial charge in [-0.2, -0.15) is 0 Å². The molecule has 0 aromatic rings. The predicted molar refractivity (Wildman–Crippen MR) is 62.7 cm³/mol. The van der Waals surface area contributed by atoms with Crippen LogP contribution in [0.4, 0.5) is 0 Å². The summed E-state index contributed by atoms with van der Waals surface area (Å²) in [6.45, 7) is 7.62. The Morgan fingerprint density at radius 1 is 1.40 bits per heavy atom. The minimum Gasteiger partial charge on any atom is -0.350 e. The van der Waals surface area contributed by atoms with E-state index in [9.17, 15) is 4.79 Å². The van der Waals surface area contributed by atoms with Gasteiger partial charge in [0.05, 0.1) is 6.54 Å². The first-order chi connectivity index (χ1) is 7.03. The standard InChI is InChI=1S/C12H24N2O/c1-4-12(2,3)14-11(15)9-13-8-7-10-5-6-10/h10,13H,4-9H2,1-3H3,(H,14,15). The lowest BCUT2D eigenvalue weighted by Crippen LogP contribution is -2.46. The maximum atomic E-state index is 11.5. The zero-order chi connectivity index (χ0) is 11.3. The molecule has 0 aromatic carbocycles. The highest BCUT2D eigenvalue weighted by atomic mass is 16.2. The Bertz CT molecular complexity index is 210. The first-order valence-corrected chi connectivity index (χ1v) is 6.05. The summed E-state index contributed by atoms with van der Waals surface area (Å²) < 4.78 is 0. The average Bonchev–Trinajstić information content (AvgIpc) is 2.95. The van der Waals surface area contributed by atoms with E-state index in [4.69, 9.17) is 0 Å². The Morgan fingerprint density at radius 3 is 2.60 bits per heavy atom. The Labute approximate surface area is 93.0 Å². The third-order valence-corrected chi connectivity index (χ3v) is 3.07. The normalized spacial score (nSPS) is 16.5. The van der Waals surface area contributed by atoms with Gasteiger partial charge in [-0.15, -0.1) is 0 Å². The van der Waals surface area contributed by atoms with E-state index in [2.05, 4.69) is 31.4 Å². The van der Waals surface area contributed by atoms with E-state index in [1.165, 1.54) is 19.3 Å². The van der Waals surface area contributed by atoms with Gasteiger partial charge in [-0.05, 0) is 39.2 Å². The predicted octanol–water partition coefficient (Wildman–Crippen LogP) is 1.68. The summed E-state index contributed by atoms with van der Waals surface area (Å²) >= 11 is 0. The maximum Gasteiger partial charge on any atom is 0.234 e. The molecule has 0 heterocycles. The second kappa shape index (κ2) is 5.50. The van der Waals surface area contributed by atoms with Crippen molar-refractivity contribution >= 4 is 5.91 Å². The summed E-state index contributed by atoms with van der Waals surface area (Å²) in [5, 5.41) is 6.20. The fourth-order valence-corrected chi connectivity index (χ4v) is 1.42. The molecule has 1 fully saturated rings. The first kappa shape index (κ1) is 12.5. The molecule has 15 heavy (non-hydrogen) atoms. The number of nitrogens with one attached hydrogen (secondary N) is 2. The summed E-state index contributed by atoms with van der Waals surface area (Å²) in [4.78, 5) is 11.5. The molecular formula is C12H24N2O. The van der Waals surface area contributed by atoms with Crippen LogP contribution in [0.15, 0.2) is 0 Å². The molecule has 0 spiro atoms. The largest absolute Gasteiger partial charge is 0.350 e. The van der Waals surface area contributed by atoms with Crippen LogP contribution in [0.1, 0.15) is 46.5 Å². The molecule has 1 aliphatic carbocycles. The van der Waals surface area contributed by atoms with Crippen LogP contribution in [0.3, 0.4) is 0 Å². The molecule has 1 aliphatic rings. The van der Waals surface area contributed by atoms with E-state index in [1.807, 2.05) is 0 Å². The van der Waals surface area contributed by atoms with Gasteiger partial charge in [0.25, 0.3) is 0 Å². The monoisotopic (exact) mass is 212 g/mol. The molecule has 0 aromatic heterocycles. The smallest absolute Gasteiger partial charge is 0.234 e. The van der Waals surface area contributed by atoms with E-state index in [0.717, 1.165) is 18.9 Å². The minimum atomic E-state index is -0.0742. The van der Waals surface area contributed by atoms with Gasteiger partial charge >= 0.3 is 0 Å². The van der Waals surface area contributed by atoms with Crippen molar-refractivity contribution in [3.8, 4) is 0 Å². The van der Waals surface area contributed by atoms with Crippen molar-refractivity contribution in [1.29, 1.82) is 0 Å². The number of carbonyl (C=O) groups excluding carboxylic acids is 1. The topological polar surface area (TPSA) is 41.1 Å². The fraction of sp³-hybridized carbons (Fsp3) is 0.917. The first-order valence-electron chi connectivity index (χ1n) is 6.05. The van der Waals surface area contributed by atoms with E-state index in [0.29, 0.717) is 6.54 Å². The highest BCUT2D eigenvalue weighted by molar-refractivity contribution is 5.78. The molecule has 3 heteroatoms. The van der Waals surface area contributed by atoms with Crippen molar-refractivity contribution < 1.29 is 4.79 Å². The molecule has 0 atom stereocenters. The summed E-state index contributed by atoms with van der Waals surface area (Å²) in [6, 6.07) is 0. The van der Waals surface area contributed by atoms with E-state index < -0.39 is 0 Å². The zero-order valence-corrected chi connectivity index (χ0v) is 10.2. The minimum absolute atomic E-state index is 0.0742. The van der Waals surface area contributed by atoms with Gasteiger partial charge in [0, 0.05) is 5.54 Å². The Balaban J connectivity index is 2.01. The van der Waals surface area contributed by atoms with Crippen molar-refractivity contribution in [2.24, 2.45) is 5.92 Å². The van der Waals surface area contributed by atoms with Crippen LogP contribution in [0.2, 0.25) is 0 Å². The molecule has 2 N–H and O–H groups in total. The molecular weight excluding hydrogens is 188 g/mol. The highest BCUT2D eigenvalue weighted by Crippen LogP contribution is 2.31. The molecule has 0 bridgehead atoms. The van der Waals surface area contributed by atoms with Gasteiger partial charge in [0.15, 0.2) is 0 Å². The molecule has 1 amide bonds. The quantitative estimate of drug-likeness (QED) is 0.630. The van der Waals surface area contributed by atoms with Crippen molar-refractivity contribution in [2.45, 2.75) is 52.0 Å². The number of hydrogen-bond donors (Lipinski definition) is 2. The van der Waals surface area contributed by atoms with Crippen LogP contribution in [0.25, 0.3) is 0 Å². The van der Waals surface area contributed by atoms with Crippen LogP contribution in [0.5, 0.6) is 0 Å². The maximum absolute atomic E-state index is 11.5. The Morgan fingerprint density at radius 2 is 2.07 bits per heavy atom. The summed E-state index contributed by atoms with van der Waals surface area (Å²) in [5.74, 6) is 1.05. The van der Waals surface area contributed by atoms with E-state index in [1.54, 1.807) is 0 Å². The molecule has 0 unspecified atom stereocenters. The molecule has 0 saturated heterocycles. The van der Waals surface area contributed by atoms with Crippen molar-refractivity contribution in [2.75, 3.05) is 13.1 Å². The number of amides is 1. The molecule has 0 aliphatic heterocycles. The Hall–Kier alpha value is -0.570. The molecule has 0 radical (unpaired) electrons. The third-order valence-electron chi connectivity index (χ3n) is 3.07.